The third kappa shape index (κ3) is 4.10. The molecule has 0 aliphatic carbocycles. The summed E-state index contributed by atoms with van der Waals surface area (Å²) in [5, 5.41) is 14.0. The Morgan fingerprint density at radius 3 is 2.88 bits per heavy atom. The lowest BCUT2D eigenvalue weighted by Crippen LogP contribution is -2.57. The molecular formula is C16H22ClN5O4. The third-order valence-corrected chi connectivity index (χ3v) is 4.76. The number of pyridine rings is 1. The highest BCUT2D eigenvalue weighted by Crippen LogP contribution is 2.21. The molecule has 10 heteroatoms. The molecule has 2 aliphatic rings. The van der Waals surface area contributed by atoms with Crippen molar-refractivity contribution in [3.8, 4) is 0 Å². The third-order valence-electron chi connectivity index (χ3n) is 4.76. The van der Waals surface area contributed by atoms with E-state index in [9.17, 15) is 19.7 Å². The molecule has 2 aliphatic heterocycles. The molecule has 2 saturated heterocycles. The van der Waals surface area contributed by atoms with Crippen LogP contribution < -0.4 is 5.32 Å². The number of likely N-dealkylation sites (tertiary alicyclic amines) is 1. The fraction of sp³-hybridized carbons (Fsp3) is 0.562. The van der Waals surface area contributed by atoms with Crippen LogP contribution in [0.25, 0.3) is 0 Å². The SMILES string of the molecule is Cc1ncc([N+](=O)[O-])cc1C(=O)N1CCCC(N2CCNCC2=O)C1.Cl. The molecule has 1 aromatic rings. The summed E-state index contributed by atoms with van der Waals surface area (Å²) in [6.45, 7) is 4.42. The molecule has 2 amide bonds. The van der Waals surface area contributed by atoms with Gasteiger partial charge in [0.15, 0.2) is 0 Å². The number of carbonyl (C=O) groups is 2. The van der Waals surface area contributed by atoms with Crippen LogP contribution in [-0.4, -0.2) is 70.3 Å². The average molecular weight is 384 g/mol. The van der Waals surface area contributed by atoms with Crippen LogP contribution in [0.3, 0.4) is 0 Å². The second-order valence-corrected chi connectivity index (χ2v) is 6.39. The quantitative estimate of drug-likeness (QED) is 0.609. The summed E-state index contributed by atoms with van der Waals surface area (Å²) < 4.78 is 0. The minimum Gasteiger partial charge on any atom is -0.337 e. The van der Waals surface area contributed by atoms with Crippen molar-refractivity contribution in [1.82, 2.24) is 20.1 Å². The van der Waals surface area contributed by atoms with E-state index in [2.05, 4.69) is 10.3 Å². The number of aromatic nitrogens is 1. The van der Waals surface area contributed by atoms with Crippen molar-refractivity contribution in [2.24, 2.45) is 0 Å². The van der Waals surface area contributed by atoms with Crippen molar-refractivity contribution >= 4 is 29.9 Å². The number of rotatable bonds is 3. The second kappa shape index (κ2) is 8.41. The average Bonchev–Trinajstić information content (AvgIpc) is 2.62. The molecule has 0 bridgehead atoms. The number of hydrogen-bond donors (Lipinski definition) is 1. The molecule has 9 nitrogen and oxygen atoms in total. The van der Waals surface area contributed by atoms with E-state index in [1.807, 2.05) is 4.90 Å². The first-order chi connectivity index (χ1) is 12.0. The van der Waals surface area contributed by atoms with E-state index in [4.69, 9.17) is 0 Å². The molecule has 26 heavy (non-hydrogen) atoms. The first kappa shape index (κ1) is 20.1. The first-order valence-corrected chi connectivity index (χ1v) is 8.38. The van der Waals surface area contributed by atoms with E-state index in [1.165, 1.54) is 6.07 Å². The molecule has 1 unspecified atom stereocenters. The van der Waals surface area contributed by atoms with Gasteiger partial charge in [-0.15, -0.1) is 12.4 Å². The molecular weight excluding hydrogens is 362 g/mol. The predicted molar refractivity (Wildman–Crippen MR) is 96.4 cm³/mol. The van der Waals surface area contributed by atoms with Crippen molar-refractivity contribution in [3.05, 3.63) is 33.6 Å². The van der Waals surface area contributed by atoms with Gasteiger partial charge in [-0.2, -0.15) is 0 Å². The van der Waals surface area contributed by atoms with Crippen LogP contribution >= 0.6 is 12.4 Å². The molecule has 1 N–H and O–H groups in total. The van der Waals surface area contributed by atoms with E-state index in [0.29, 0.717) is 31.9 Å². The Morgan fingerprint density at radius 2 is 2.19 bits per heavy atom. The fourth-order valence-electron chi connectivity index (χ4n) is 3.41. The highest BCUT2D eigenvalue weighted by Gasteiger charge is 2.32. The number of halogens is 1. The smallest absolute Gasteiger partial charge is 0.288 e. The summed E-state index contributed by atoms with van der Waals surface area (Å²) in [5.41, 5.74) is 0.525. The summed E-state index contributed by atoms with van der Waals surface area (Å²) in [4.78, 5) is 42.8. The molecule has 0 aromatic carbocycles. The van der Waals surface area contributed by atoms with E-state index in [1.54, 1.807) is 11.8 Å². The number of amides is 2. The van der Waals surface area contributed by atoms with Crippen LogP contribution in [0.15, 0.2) is 12.3 Å². The zero-order valence-electron chi connectivity index (χ0n) is 14.5. The Hall–Kier alpha value is -2.26. The zero-order valence-corrected chi connectivity index (χ0v) is 15.3. The van der Waals surface area contributed by atoms with Crippen LogP contribution in [0.4, 0.5) is 5.69 Å². The molecule has 1 aromatic heterocycles. The number of piperidine rings is 1. The summed E-state index contributed by atoms with van der Waals surface area (Å²) in [6.07, 6.45) is 2.82. The van der Waals surface area contributed by atoms with E-state index < -0.39 is 4.92 Å². The Balaban J connectivity index is 0.00000243. The molecule has 2 fully saturated rings. The largest absolute Gasteiger partial charge is 0.337 e. The minimum atomic E-state index is -0.554. The lowest BCUT2D eigenvalue weighted by atomic mass is 10.0. The van der Waals surface area contributed by atoms with Gasteiger partial charge in [-0.05, 0) is 19.8 Å². The maximum Gasteiger partial charge on any atom is 0.288 e. The molecule has 0 saturated carbocycles. The van der Waals surface area contributed by atoms with Crippen LogP contribution in [0.2, 0.25) is 0 Å². The van der Waals surface area contributed by atoms with Gasteiger partial charge in [-0.25, -0.2) is 0 Å². The summed E-state index contributed by atoms with van der Waals surface area (Å²) in [7, 11) is 0. The predicted octanol–water partition coefficient (Wildman–Crippen LogP) is 0.756. The Kier molecular flexibility index (Phi) is 6.49. The lowest BCUT2D eigenvalue weighted by Gasteiger charge is -2.41. The number of nitro groups is 1. The van der Waals surface area contributed by atoms with Gasteiger partial charge in [-0.3, -0.25) is 24.7 Å². The van der Waals surface area contributed by atoms with Gasteiger partial charge < -0.3 is 15.1 Å². The first-order valence-electron chi connectivity index (χ1n) is 8.38. The van der Waals surface area contributed by atoms with Gasteiger partial charge in [-0.1, -0.05) is 0 Å². The minimum absolute atomic E-state index is 0. The van der Waals surface area contributed by atoms with E-state index >= 15 is 0 Å². The van der Waals surface area contributed by atoms with E-state index in [-0.39, 0.29) is 41.5 Å². The van der Waals surface area contributed by atoms with Gasteiger partial charge in [0.25, 0.3) is 11.6 Å². The maximum atomic E-state index is 12.9. The van der Waals surface area contributed by atoms with Gasteiger partial charge in [0.05, 0.1) is 22.7 Å². The normalized spacial score (nSPS) is 20.5. The zero-order chi connectivity index (χ0) is 18.0. The van der Waals surface area contributed by atoms with Crippen LogP contribution in [0.5, 0.6) is 0 Å². The molecule has 142 valence electrons. The lowest BCUT2D eigenvalue weighted by molar-refractivity contribution is -0.385. The number of hydrogen-bond acceptors (Lipinski definition) is 6. The van der Waals surface area contributed by atoms with Crippen LogP contribution in [0.1, 0.15) is 28.9 Å². The Morgan fingerprint density at radius 1 is 1.42 bits per heavy atom. The molecule has 1 atom stereocenters. The van der Waals surface area contributed by atoms with Gasteiger partial charge in [0, 0.05) is 38.3 Å². The number of aryl methyl sites for hydroxylation is 1. The van der Waals surface area contributed by atoms with Gasteiger partial charge in [0.2, 0.25) is 5.91 Å². The number of piperazine rings is 1. The molecule has 3 rings (SSSR count). The highest BCUT2D eigenvalue weighted by atomic mass is 35.5. The number of carbonyl (C=O) groups excluding carboxylic acids is 2. The topological polar surface area (TPSA) is 109 Å². The molecule has 0 radical (unpaired) electrons. The van der Waals surface area contributed by atoms with Crippen molar-refractivity contribution in [3.63, 3.8) is 0 Å². The summed E-state index contributed by atoms with van der Waals surface area (Å²) in [6, 6.07) is 1.28. The summed E-state index contributed by atoms with van der Waals surface area (Å²) >= 11 is 0. The molecule has 3 heterocycles. The maximum absolute atomic E-state index is 12.9. The van der Waals surface area contributed by atoms with Gasteiger partial charge >= 0.3 is 0 Å². The van der Waals surface area contributed by atoms with Crippen molar-refractivity contribution in [1.29, 1.82) is 0 Å². The second-order valence-electron chi connectivity index (χ2n) is 6.39. The highest BCUT2D eigenvalue weighted by molar-refractivity contribution is 5.96. The standard InChI is InChI=1S/C16H21N5O4.ClH/c1-11-14(7-13(8-18-11)21(24)25)16(23)19-5-2-3-12(10-19)20-6-4-17-9-15(20)22;/h7-8,12,17H,2-6,9-10H2,1H3;1H. The van der Waals surface area contributed by atoms with Crippen molar-refractivity contribution in [2.45, 2.75) is 25.8 Å². The van der Waals surface area contributed by atoms with Crippen LogP contribution in [0, 0.1) is 17.0 Å². The fourth-order valence-corrected chi connectivity index (χ4v) is 3.41. The Labute approximate surface area is 157 Å². The Bertz CT molecular complexity index is 714. The number of nitrogens with zero attached hydrogens (tertiary/aromatic N) is 4. The van der Waals surface area contributed by atoms with E-state index in [0.717, 1.165) is 25.6 Å². The summed E-state index contributed by atoms with van der Waals surface area (Å²) in [5.74, 6) is -0.209. The number of nitrogens with one attached hydrogen (secondary N) is 1. The van der Waals surface area contributed by atoms with Crippen molar-refractivity contribution < 1.29 is 14.5 Å². The van der Waals surface area contributed by atoms with Crippen LogP contribution in [-0.2, 0) is 4.79 Å². The van der Waals surface area contributed by atoms with Gasteiger partial charge in [0.1, 0.15) is 6.20 Å². The van der Waals surface area contributed by atoms with Crippen molar-refractivity contribution in [2.75, 3.05) is 32.7 Å². The monoisotopic (exact) mass is 383 g/mol. The molecule has 0 spiro atoms.